The van der Waals surface area contributed by atoms with Crippen molar-refractivity contribution in [1.29, 1.82) is 0 Å². The highest BCUT2D eigenvalue weighted by Crippen LogP contribution is 2.22. The summed E-state index contributed by atoms with van der Waals surface area (Å²) in [6.07, 6.45) is 0.816. The van der Waals surface area contributed by atoms with E-state index < -0.39 is 0 Å². The fourth-order valence-corrected chi connectivity index (χ4v) is 3.40. The Morgan fingerprint density at radius 1 is 0.618 bits per heavy atom. The smallest absolute Gasteiger partial charge is 0.259 e. The van der Waals surface area contributed by atoms with Crippen molar-refractivity contribution in [2.75, 3.05) is 25.1 Å². The van der Waals surface area contributed by atoms with E-state index in [0.717, 1.165) is 12.2 Å². The summed E-state index contributed by atoms with van der Waals surface area (Å²) in [7, 11) is 0. The second-order valence-corrected chi connectivity index (χ2v) is 7.57. The van der Waals surface area contributed by atoms with Crippen molar-refractivity contribution in [3.05, 3.63) is 120 Å². The van der Waals surface area contributed by atoms with Crippen molar-refractivity contribution in [3.63, 3.8) is 0 Å². The van der Waals surface area contributed by atoms with Crippen LogP contribution in [0.4, 0.5) is 5.69 Å². The average Bonchev–Trinajstić information content (AvgIpc) is 2.88. The molecule has 0 heterocycles. The van der Waals surface area contributed by atoms with Gasteiger partial charge in [-0.1, -0.05) is 66.7 Å². The van der Waals surface area contributed by atoms with Gasteiger partial charge in [-0.25, -0.2) is 0 Å². The first-order valence-electron chi connectivity index (χ1n) is 11.3. The molecule has 1 amide bonds. The maximum Gasteiger partial charge on any atom is 0.259 e. The Hall–Kier alpha value is -4.25. The highest BCUT2D eigenvalue weighted by molar-refractivity contribution is 6.06. The third-order valence-corrected chi connectivity index (χ3v) is 5.08. The van der Waals surface area contributed by atoms with Crippen LogP contribution in [0.1, 0.15) is 15.9 Å². The lowest BCUT2D eigenvalue weighted by Crippen LogP contribution is -2.15. The van der Waals surface area contributed by atoms with Crippen molar-refractivity contribution in [2.45, 2.75) is 6.42 Å². The van der Waals surface area contributed by atoms with Crippen LogP contribution in [-0.2, 0) is 6.42 Å². The number of amides is 1. The van der Waals surface area contributed by atoms with Gasteiger partial charge in [0.25, 0.3) is 5.91 Å². The maximum atomic E-state index is 12.9. The molecule has 0 saturated carbocycles. The number of nitrogens with one attached hydrogen (secondary N) is 1. The average molecular weight is 454 g/mol. The molecule has 4 aromatic carbocycles. The van der Waals surface area contributed by atoms with E-state index in [0.29, 0.717) is 42.6 Å². The Morgan fingerprint density at radius 2 is 1.26 bits per heavy atom. The van der Waals surface area contributed by atoms with Gasteiger partial charge in [0.05, 0.1) is 12.2 Å². The van der Waals surface area contributed by atoms with E-state index in [2.05, 4.69) is 17.4 Å². The molecule has 4 aromatic rings. The molecule has 0 aromatic heterocycles. The lowest BCUT2D eigenvalue weighted by molar-refractivity contribution is 0.102. The van der Waals surface area contributed by atoms with E-state index >= 15 is 0 Å². The summed E-state index contributed by atoms with van der Waals surface area (Å²) in [5.74, 6) is 1.74. The van der Waals surface area contributed by atoms with Crippen LogP contribution in [0.3, 0.4) is 0 Å². The molecule has 1 N–H and O–H groups in total. The number of ether oxygens (including phenoxy) is 3. The Balaban J connectivity index is 1.30. The molecule has 0 aliphatic rings. The summed E-state index contributed by atoms with van der Waals surface area (Å²) in [5, 5.41) is 2.93. The Bertz CT molecular complexity index is 1180. The molecule has 34 heavy (non-hydrogen) atoms. The van der Waals surface area contributed by atoms with Crippen molar-refractivity contribution in [3.8, 4) is 17.2 Å². The van der Waals surface area contributed by atoms with Crippen LogP contribution in [0.25, 0.3) is 0 Å². The Morgan fingerprint density at radius 3 is 2.09 bits per heavy atom. The standard InChI is InChI=1S/C29H27NO4/c31-29(27-16-7-8-17-28(27)34-21-20-33-25-13-5-2-6-14-25)30-24-12-9-15-26(22-24)32-19-18-23-10-3-1-4-11-23/h1-17,22H,18-21H2,(H,30,31). The van der Waals surface area contributed by atoms with E-state index in [-0.39, 0.29) is 5.91 Å². The van der Waals surface area contributed by atoms with E-state index in [1.54, 1.807) is 12.1 Å². The summed E-state index contributed by atoms with van der Waals surface area (Å²) in [6, 6.07) is 34.3. The van der Waals surface area contributed by atoms with Gasteiger partial charge in [-0.2, -0.15) is 0 Å². The molecule has 0 unspecified atom stereocenters. The molecule has 4 rings (SSSR count). The maximum absolute atomic E-state index is 12.9. The third-order valence-electron chi connectivity index (χ3n) is 5.08. The summed E-state index contributed by atoms with van der Waals surface area (Å²) >= 11 is 0. The van der Waals surface area contributed by atoms with Gasteiger partial charge in [0.1, 0.15) is 30.5 Å². The molecular weight excluding hydrogens is 426 g/mol. The zero-order valence-corrected chi connectivity index (χ0v) is 18.9. The molecule has 0 bridgehead atoms. The molecular formula is C29H27NO4. The van der Waals surface area contributed by atoms with Gasteiger partial charge < -0.3 is 19.5 Å². The summed E-state index contributed by atoms with van der Waals surface area (Å²) in [5.41, 5.74) is 2.33. The molecule has 0 atom stereocenters. The fraction of sp³-hybridized carbons (Fsp3) is 0.138. The molecule has 5 heteroatoms. The molecule has 0 fully saturated rings. The zero-order chi connectivity index (χ0) is 23.4. The first-order valence-corrected chi connectivity index (χ1v) is 11.3. The van der Waals surface area contributed by atoms with Gasteiger partial charge in [-0.05, 0) is 42.0 Å². The monoisotopic (exact) mass is 453 g/mol. The molecule has 0 saturated heterocycles. The number of benzene rings is 4. The van der Waals surface area contributed by atoms with Crippen LogP contribution in [-0.4, -0.2) is 25.7 Å². The normalized spacial score (nSPS) is 10.4. The van der Waals surface area contributed by atoms with Gasteiger partial charge in [-0.15, -0.1) is 0 Å². The van der Waals surface area contributed by atoms with Crippen molar-refractivity contribution < 1.29 is 19.0 Å². The fourth-order valence-electron chi connectivity index (χ4n) is 3.40. The minimum absolute atomic E-state index is 0.249. The number of carbonyl (C=O) groups is 1. The lowest BCUT2D eigenvalue weighted by Gasteiger charge is -2.13. The number of hydrogen-bond donors (Lipinski definition) is 1. The molecule has 0 spiro atoms. The summed E-state index contributed by atoms with van der Waals surface area (Å²) in [4.78, 5) is 12.9. The highest BCUT2D eigenvalue weighted by Gasteiger charge is 2.13. The largest absolute Gasteiger partial charge is 0.493 e. The SMILES string of the molecule is O=C(Nc1cccc(OCCc2ccccc2)c1)c1ccccc1OCCOc1ccccc1. The quantitative estimate of drug-likeness (QED) is 0.282. The third kappa shape index (κ3) is 6.87. The van der Waals surface area contributed by atoms with Crippen LogP contribution in [0.2, 0.25) is 0 Å². The number of rotatable bonds is 11. The minimum atomic E-state index is -0.249. The number of hydrogen-bond acceptors (Lipinski definition) is 4. The van der Waals surface area contributed by atoms with Crippen molar-refractivity contribution >= 4 is 11.6 Å². The second-order valence-electron chi connectivity index (χ2n) is 7.57. The van der Waals surface area contributed by atoms with Gasteiger partial charge >= 0.3 is 0 Å². The van der Waals surface area contributed by atoms with Gasteiger partial charge in [0.15, 0.2) is 0 Å². The van der Waals surface area contributed by atoms with E-state index in [1.807, 2.05) is 84.9 Å². The molecule has 0 aliphatic carbocycles. The predicted octanol–water partition coefficient (Wildman–Crippen LogP) is 6.02. The second kappa shape index (κ2) is 12.1. The molecule has 0 radical (unpaired) electrons. The van der Waals surface area contributed by atoms with Crippen LogP contribution in [0, 0.1) is 0 Å². The van der Waals surface area contributed by atoms with Crippen LogP contribution >= 0.6 is 0 Å². The Kier molecular flexibility index (Phi) is 8.17. The lowest BCUT2D eigenvalue weighted by atomic mass is 10.1. The first-order chi connectivity index (χ1) is 16.8. The highest BCUT2D eigenvalue weighted by atomic mass is 16.5. The Labute approximate surface area is 199 Å². The van der Waals surface area contributed by atoms with Crippen molar-refractivity contribution in [2.24, 2.45) is 0 Å². The number of para-hydroxylation sites is 2. The first kappa shape index (κ1) is 22.9. The summed E-state index contributed by atoms with van der Waals surface area (Å²) < 4.78 is 17.4. The molecule has 0 aliphatic heterocycles. The van der Waals surface area contributed by atoms with E-state index in [9.17, 15) is 4.79 Å². The zero-order valence-electron chi connectivity index (χ0n) is 18.9. The predicted molar refractivity (Wildman–Crippen MR) is 134 cm³/mol. The van der Waals surface area contributed by atoms with Crippen LogP contribution in [0.5, 0.6) is 17.2 Å². The summed E-state index contributed by atoms with van der Waals surface area (Å²) in [6.45, 7) is 1.26. The van der Waals surface area contributed by atoms with E-state index in [1.165, 1.54) is 5.56 Å². The number of carbonyl (C=O) groups excluding carboxylic acids is 1. The van der Waals surface area contributed by atoms with Crippen LogP contribution < -0.4 is 19.5 Å². The van der Waals surface area contributed by atoms with Gasteiger partial charge in [0.2, 0.25) is 0 Å². The minimum Gasteiger partial charge on any atom is -0.493 e. The topological polar surface area (TPSA) is 56.8 Å². The van der Waals surface area contributed by atoms with E-state index in [4.69, 9.17) is 14.2 Å². The number of anilines is 1. The molecule has 5 nitrogen and oxygen atoms in total. The van der Waals surface area contributed by atoms with Gasteiger partial charge in [-0.3, -0.25) is 4.79 Å². The molecule has 172 valence electrons. The van der Waals surface area contributed by atoms with Crippen molar-refractivity contribution in [1.82, 2.24) is 0 Å². The van der Waals surface area contributed by atoms with Crippen LogP contribution in [0.15, 0.2) is 109 Å². The van der Waals surface area contributed by atoms with Gasteiger partial charge in [0, 0.05) is 18.2 Å².